The van der Waals surface area contributed by atoms with Crippen molar-refractivity contribution in [3.05, 3.63) is 95.1 Å². The van der Waals surface area contributed by atoms with E-state index in [1.165, 1.54) is 13.4 Å². The number of aromatic nitrogens is 7. The van der Waals surface area contributed by atoms with Crippen LogP contribution in [0.5, 0.6) is 0 Å². The summed E-state index contributed by atoms with van der Waals surface area (Å²) in [7, 11) is 1.49. The zero-order valence-corrected chi connectivity index (χ0v) is 19.5. The number of hydrogen-bond donors (Lipinski definition) is 2. The lowest BCUT2D eigenvalue weighted by Gasteiger charge is -2.13. The molecule has 11 heteroatoms. The fraction of sp³-hybridized carbons (Fsp3) is 0.120. The van der Waals surface area contributed by atoms with E-state index < -0.39 is 6.09 Å². The molecule has 3 aromatic heterocycles. The lowest BCUT2D eigenvalue weighted by atomic mass is 10.0. The van der Waals surface area contributed by atoms with Crippen molar-refractivity contribution >= 4 is 11.8 Å². The second kappa shape index (κ2) is 9.29. The van der Waals surface area contributed by atoms with Crippen LogP contribution >= 0.6 is 0 Å². The van der Waals surface area contributed by atoms with Crippen LogP contribution in [-0.4, -0.2) is 53.0 Å². The number of imidazole rings is 1. The minimum atomic E-state index is -1.03. The second-order valence-corrected chi connectivity index (χ2v) is 8.29. The maximum atomic E-state index is 13.0. The molecule has 2 aromatic carbocycles. The number of H-pyrrole nitrogens is 1. The molecule has 0 unspecified atom stereocenters. The fourth-order valence-corrected chi connectivity index (χ4v) is 3.88. The van der Waals surface area contributed by atoms with Gasteiger partial charge < -0.3 is 14.7 Å². The number of aromatic amines is 1. The molecule has 0 spiro atoms. The van der Waals surface area contributed by atoms with E-state index >= 15 is 0 Å². The van der Waals surface area contributed by atoms with E-state index in [1.54, 1.807) is 39.8 Å². The van der Waals surface area contributed by atoms with Gasteiger partial charge in [0, 0.05) is 30.6 Å². The van der Waals surface area contributed by atoms with Crippen LogP contribution in [0.2, 0.25) is 0 Å². The van der Waals surface area contributed by atoms with E-state index in [0.717, 1.165) is 38.5 Å². The number of tetrazole rings is 1. The van der Waals surface area contributed by atoms with E-state index in [1.807, 2.05) is 43.3 Å². The normalized spacial score (nSPS) is 10.9. The molecule has 180 valence electrons. The molecule has 0 aliphatic rings. The monoisotopic (exact) mass is 482 g/mol. The zero-order valence-electron chi connectivity index (χ0n) is 19.5. The smallest absolute Gasteiger partial charge is 0.411 e. The quantitative estimate of drug-likeness (QED) is 0.379. The second-order valence-electron chi connectivity index (χ2n) is 8.29. The molecule has 5 rings (SSSR count). The van der Waals surface area contributed by atoms with Crippen LogP contribution in [0, 0.1) is 6.92 Å². The summed E-state index contributed by atoms with van der Waals surface area (Å²) in [5, 5.41) is 20.5. The van der Waals surface area contributed by atoms with Gasteiger partial charge in [-0.2, -0.15) is 4.68 Å². The Labute approximate surface area is 205 Å². The molecule has 1 amide bonds. The van der Waals surface area contributed by atoms with E-state index in [0.29, 0.717) is 11.5 Å². The maximum Gasteiger partial charge on any atom is 0.411 e. The minimum absolute atomic E-state index is 0.171. The average Bonchev–Trinajstić information content (AvgIpc) is 3.58. The molecular weight excluding hydrogens is 460 g/mol. The highest BCUT2D eigenvalue weighted by Crippen LogP contribution is 2.26. The number of nitrogens with one attached hydrogen (secondary N) is 1. The fourth-order valence-electron chi connectivity index (χ4n) is 3.88. The molecule has 0 fully saturated rings. The summed E-state index contributed by atoms with van der Waals surface area (Å²) in [6, 6.07) is 16.4. The number of carbonyl (C=O) groups is 1. The number of amides is 1. The molecule has 3 heterocycles. The Morgan fingerprint density at radius 3 is 2.58 bits per heavy atom. The predicted octanol–water partition coefficient (Wildman–Crippen LogP) is 3.35. The Bertz CT molecular complexity index is 1590. The Morgan fingerprint density at radius 1 is 1.08 bits per heavy atom. The van der Waals surface area contributed by atoms with Crippen LogP contribution in [0.1, 0.15) is 11.4 Å². The summed E-state index contributed by atoms with van der Waals surface area (Å²) in [6.07, 6.45) is 3.91. The first kappa shape index (κ1) is 22.7. The van der Waals surface area contributed by atoms with Crippen LogP contribution in [0.4, 0.5) is 10.5 Å². The average molecular weight is 483 g/mol. The largest absolute Gasteiger partial charge is 0.465 e. The van der Waals surface area contributed by atoms with Crippen molar-refractivity contribution in [2.75, 3.05) is 11.9 Å². The molecule has 0 aliphatic carbocycles. The zero-order chi connectivity index (χ0) is 25.2. The molecule has 0 bridgehead atoms. The molecule has 11 nitrogen and oxygen atoms in total. The number of pyridine rings is 1. The van der Waals surface area contributed by atoms with Crippen LogP contribution in [0.15, 0.2) is 78.1 Å². The van der Waals surface area contributed by atoms with E-state index in [2.05, 4.69) is 25.5 Å². The number of rotatable bonds is 6. The SMILES string of the molecule is Cc1ccc(-n2cnnn2)c(-c2ccn(Cc3ncc(-c4ccc(N(C)C(=O)O)cc4)[nH]3)c(=O)c2)c1. The third kappa shape index (κ3) is 4.49. The molecule has 0 atom stereocenters. The standard InChI is InChI=1S/C25H22N8O3/c1-16-3-8-22(33-15-27-29-30-33)20(11-16)18-9-10-32(24(34)12-18)14-23-26-13-21(28-23)17-4-6-19(7-5-17)31(2)25(35)36/h3-13,15H,14H2,1-2H3,(H,26,28)(H,35,36). The maximum absolute atomic E-state index is 13.0. The molecule has 36 heavy (non-hydrogen) atoms. The lowest BCUT2D eigenvalue weighted by molar-refractivity contribution is 0.203. The Hall–Kier alpha value is -5.06. The number of anilines is 1. The third-order valence-electron chi connectivity index (χ3n) is 5.86. The van der Waals surface area contributed by atoms with E-state index in [9.17, 15) is 9.59 Å². The van der Waals surface area contributed by atoms with Gasteiger partial charge in [-0.1, -0.05) is 23.8 Å². The Balaban J connectivity index is 1.37. The van der Waals surface area contributed by atoms with Gasteiger partial charge in [-0.3, -0.25) is 9.69 Å². The van der Waals surface area contributed by atoms with Crippen molar-refractivity contribution < 1.29 is 9.90 Å². The van der Waals surface area contributed by atoms with Crippen molar-refractivity contribution in [2.24, 2.45) is 0 Å². The molecule has 0 aliphatic heterocycles. The van der Waals surface area contributed by atoms with Crippen molar-refractivity contribution in [3.8, 4) is 28.1 Å². The Morgan fingerprint density at radius 2 is 1.89 bits per heavy atom. The summed E-state index contributed by atoms with van der Waals surface area (Å²) in [5.41, 5.74) is 5.46. The summed E-state index contributed by atoms with van der Waals surface area (Å²) in [5.74, 6) is 0.622. The number of benzene rings is 2. The topological polar surface area (TPSA) is 135 Å². The van der Waals surface area contributed by atoms with Gasteiger partial charge in [0.05, 0.1) is 24.1 Å². The van der Waals surface area contributed by atoms with Gasteiger partial charge in [-0.15, -0.1) is 5.10 Å². The number of aryl methyl sites for hydroxylation is 1. The van der Waals surface area contributed by atoms with Gasteiger partial charge in [-0.05, 0) is 58.8 Å². The third-order valence-corrected chi connectivity index (χ3v) is 5.86. The lowest BCUT2D eigenvalue weighted by Crippen LogP contribution is -2.23. The van der Waals surface area contributed by atoms with E-state index in [4.69, 9.17) is 5.11 Å². The van der Waals surface area contributed by atoms with Gasteiger partial charge in [0.1, 0.15) is 12.2 Å². The molecule has 0 radical (unpaired) electrons. The van der Waals surface area contributed by atoms with Gasteiger partial charge >= 0.3 is 6.09 Å². The van der Waals surface area contributed by atoms with Crippen LogP contribution in [0.25, 0.3) is 28.1 Å². The molecular formula is C25H22N8O3. The summed E-state index contributed by atoms with van der Waals surface area (Å²) in [4.78, 5) is 32.9. The predicted molar refractivity (Wildman–Crippen MR) is 133 cm³/mol. The van der Waals surface area contributed by atoms with Gasteiger partial charge in [-0.25, -0.2) is 9.78 Å². The van der Waals surface area contributed by atoms with Crippen molar-refractivity contribution in [1.82, 2.24) is 34.7 Å². The summed E-state index contributed by atoms with van der Waals surface area (Å²) >= 11 is 0. The van der Waals surface area contributed by atoms with Crippen LogP contribution in [-0.2, 0) is 6.54 Å². The first-order valence-corrected chi connectivity index (χ1v) is 11.0. The molecule has 0 saturated heterocycles. The highest BCUT2D eigenvalue weighted by molar-refractivity contribution is 5.85. The Kier molecular flexibility index (Phi) is 5.87. The highest BCUT2D eigenvalue weighted by atomic mass is 16.4. The summed E-state index contributed by atoms with van der Waals surface area (Å²) in [6.45, 7) is 2.26. The molecule has 0 saturated carbocycles. The van der Waals surface area contributed by atoms with Gasteiger partial charge in [0.2, 0.25) is 0 Å². The first-order chi connectivity index (χ1) is 17.4. The molecule has 5 aromatic rings. The van der Waals surface area contributed by atoms with Crippen molar-refractivity contribution in [1.29, 1.82) is 0 Å². The minimum Gasteiger partial charge on any atom is -0.465 e. The summed E-state index contributed by atoms with van der Waals surface area (Å²) < 4.78 is 3.14. The molecule has 2 N–H and O–H groups in total. The van der Waals surface area contributed by atoms with Crippen molar-refractivity contribution in [3.63, 3.8) is 0 Å². The van der Waals surface area contributed by atoms with Crippen LogP contribution < -0.4 is 10.5 Å². The van der Waals surface area contributed by atoms with Crippen molar-refractivity contribution in [2.45, 2.75) is 13.5 Å². The van der Waals surface area contributed by atoms with Gasteiger partial charge in [0.15, 0.2) is 0 Å². The number of carboxylic acid groups (broad SMARTS) is 1. The number of hydrogen-bond acceptors (Lipinski definition) is 6. The number of nitrogens with zero attached hydrogens (tertiary/aromatic N) is 7. The van der Waals surface area contributed by atoms with E-state index in [-0.39, 0.29) is 12.1 Å². The first-order valence-electron chi connectivity index (χ1n) is 11.0. The van der Waals surface area contributed by atoms with Gasteiger partial charge in [0.25, 0.3) is 5.56 Å². The van der Waals surface area contributed by atoms with Crippen LogP contribution in [0.3, 0.4) is 0 Å². The highest BCUT2D eigenvalue weighted by Gasteiger charge is 2.12.